The summed E-state index contributed by atoms with van der Waals surface area (Å²) < 4.78 is 2.16. The Morgan fingerprint density at radius 2 is 0.857 bits per heavy atom. The van der Waals surface area contributed by atoms with Crippen molar-refractivity contribution >= 4 is 39.3 Å². The third-order valence-electron chi connectivity index (χ3n) is 11.0. The van der Waals surface area contributed by atoms with Crippen LogP contribution in [0.1, 0.15) is 31.8 Å². The van der Waals surface area contributed by atoms with Gasteiger partial charge in [-0.2, -0.15) is 0 Å². The van der Waals surface area contributed by atoms with Gasteiger partial charge in [-0.15, -0.1) is 0 Å². The Labute approximate surface area is 325 Å². The molecule has 56 heavy (non-hydrogen) atoms. The van der Waals surface area contributed by atoms with Crippen molar-refractivity contribution in [3.63, 3.8) is 0 Å². The van der Waals surface area contributed by atoms with E-state index in [2.05, 4.69) is 109 Å². The average molecular weight is 721 g/mol. The van der Waals surface area contributed by atoms with E-state index in [9.17, 15) is 9.59 Å². The number of carbonyl (C=O) groups excluding carboxylic acids is 2. The number of aryl methyl sites for hydroxylation is 2. The first-order chi connectivity index (χ1) is 27.4. The van der Waals surface area contributed by atoms with Gasteiger partial charge >= 0.3 is 0 Å². The average Bonchev–Trinajstić information content (AvgIpc) is 3.70. The number of imide groups is 1. The molecule has 0 radical (unpaired) electrons. The molecule has 0 fully saturated rings. The quantitative estimate of drug-likeness (QED) is 0.161. The maximum Gasteiger partial charge on any atom is 0.268 e. The summed E-state index contributed by atoms with van der Waals surface area (Å²) in [5, 5.41) is 2.14. The Morgan fingerprint density at radius 1 is 0.375 bits per heavy atom. The molecule has 0 N–H and O–H groups in total. The Hall–Kier alpha value is -7.30. The maximum atomic E-state index is 14.9. The number of fused-ring (bicyclic) bond motifs is 4. The highest BCUT2D eigenvalue weighted by molar-refractivity contribution is 6.36. The Kier molecular flexibility index (Phi) is 7.86. The molecule has 4 nitrogen and oxygen atoms in total. The number of aromatic nitrogens is 1. The van der Waals surface area contributed by atoms with Crippen LogP contribution >= 0.6 is 0 Å². The SMILES string of the molecule is Cc1cccc(-c2ccc3c(c2)c2cc(-c4cccc(C)c4)ccc2n3-c2cccc3c2C(=O)N(c2cc(-c4ccccc4)cc(-c4ccccc4)c2)C3=O)c1. The fraction of sp³-hybridized carbons (Fsp3) is 0.0385. The van der Waals surface area contributed by atoms with Crippen molar-refractivity contribution in [2.24, 2.45) is 0 Å². The number of hydrogen-bond donors (Lipinski definition) is 0. The van der Waals surface area contributed by atoms with Gasteiger partial charge in [-0.25, -0.2) is 4.90 Å². The van der Waals surface area contributed by atoms with Crippen molar-refractivity contribution in [3.8, 4) is 50.2 Å². The second kappa shape index (κ2) is 13.2. The summed E-state index contributed by atoms with van der Waals surface area (Å²) in [6, 6.07) is 62.0. The summed E-state index contributed by atoms with van der Waals surface area (Å²) in [4.78, 5) is 30.8. The van der Waals surface area contributed by atoms with Gasteiger partial charge in [-0.05, 0) is 113 Å². The minimum atomic E-state index is -0.340. The van der Waals surface area contributed by atoms with E-state index in [0.717, 1.165) is 66.3 Å². The molecule has 8 aromatic carbocycles. The van der Waals surface area contributed by atoms with Gasteiger partial charge in [-0.3, -0.25) is 9.59 Å². The summed E-state index contributed by atoms with van der Waals surface area (Å²) in [6.07, 6.45) is 0. The van der Waals surface area contributed by atoms with Gasteiger partial charge in [0.15, 0.2) is 0 Å². The van der Waals surface area contributed by atoms with Crippen molar-refractivity contribution < 1.29 is 9.59 Å². The molecule has 4 heteroatoms. The molecule has 2 heterocycles. The lowest BCUT2D eigenvalue weighted by Crippen LogP contribution is -2.29. The van der Waals surface area contributed by atoms with Crippen molar-refractivity contribution in [2.75, 3.05) is 4.90 Å². The first-order valence-corrected chi connectivity index (χ1v) is 18.9. The van der Waals surface area contributed by atoms with Crippen molar-refractivity contribution in [3.05, 3.63) is 204 Å². The van der Waals surface area contributed by atoms with Gasteiger partial charge in [0.1, 0.15) is 0 Å². The predicted molar refractivity (Wildman–Crippen MR) is 230 cm³/mol. The van der Waals surface area contributed by atoms with Gasteiger partial charge in [0, 0.05) is 10.8 Å². The van der Waals surface area contributed by atoms with Crippen LogP contribution in [0.3, 0.4) is 0 Å². The van der Waals surface area contributed by atoms with Crippen molar-refractivity contribution in [1.82, 2.24) is 4.57 Å². The minimum absolute atomic E-state index is 0.333. The van der Waals surface area contributed by atoms with E-state index in [1.165, 1.54) is 16.0 Å². The highest BCUT2D eigenvalue weighted by Gasteiger charge is 2.39. The van der Waals surface area contributed by atoms with E-state index in [0.29, 0.717) is 22.5 Å². The molecule has 266 valence electrons. The molecule has 1 aromatic heterocycles. The second-order valence-electron chi connectivity index (χ2n) is 14.7. The smallest absolute Gasteiger partial charge is 0.268 e. The predicted octanol–water partition coefficient (Wildman–Crippen LogP) is 12.9. The number of anilines is 1. The second-order valence-corrected chi connectivity index (χ2v) is 14.7. The molecular formula is C52H36N2O2. The summed E-state index contributed by atoms with van der Waals surface area (Å²) in [6.45, 7) is 4.22. The molecule has 0 unspecified atom stereocenters. The van der Waals surface area contributed by atoms with Crippen LogP contribution in [0.4, 0.5) is 5.69 Å². The Balaban J connectivity index is 1.17. The zero-order valence-corrected chi connectivity index (χ0v) is 31.0. The van der Waals surface area contributed by atoms with Crippen LogP contribution in [0.25, 0.3) is 72.0 Å². The van der Waals surface area contributed by atoms with Gasteiger partial charge in [-0.1, -0.05) is 139 Å². The summed E-state index contributed by atoms with van der Waals surface area (Å²) in [5.74, 6) is -0.673. The molecule has 0 aliphatic carbocycles. The molecule has 0 bridgehead atoms. The standard InChI is InChI=1S/C52H36N2O2/c1-33-12-9-18-37(26-33)39-22-24-47-45(31-39)46-32-40(38-19-10-13-34(2)27-38)23-25-48(46)54(47)49-21-11-20-44-50(49)52(56)53(51(44)55)43-29-41(35-14-5-3-6-15-35)28-42(30-43)36-16-7-4-8-17-36/h3-32H,1-2H3. The fourth-order valence-corrected chi connectivity index (χ4v) is 8.31. The van der Waals surface area contributed by atoms with Gasteiger partial charge < -0.3 is 4.57 Å². The first-order valence-electron chi connectivity index (χ1n) is 18.9. The zero-order valence-electron chi connectivity index (χ0n) is 31.0. The molecule has 1 aliphatic heterocycles. The largest absolute Gasteiger partial charge is 0.308 e. The van der Waals surface area contributed by atoms with Crippen LogP contribution in [-0.4, -0.2) is 16.4 Å². The van der Waals surface area contributed by atoms with E-state index < -0.39 is 0 Å². The maximum absolute atomic E-state index is 14.9. The molecule has 9 aromatic rings. The molecule has 10 rings (SSSR count). The Morgan fingerprint density at radius 3 is 1.38 bits per heavy atom. The lowest BCUT2D eigenvalue weighted by Gasteiger charge is -2.18. The topological polar surface area (TPSA) is 42.3 Å². The van der Waals surface area contributed by atoms with Crippen LogP contribution in [-0.2, 0) is 0 Å². The van der Waals surface area contributed by atoms with E-state index in [1.54, 1.807) is 6.07 Å². The molecule has 0 saturated carbocycles. The number of hydrogen-bond acceptors (Lipinski definition) is 2. The fourth-order valence-electron chi connectivity index (χ4n) is 8.31. The lowest BCUT2D eigenvalue weighted by atomic mass is 9.97. The van der Waals surface area contributed by atoms with Crippen molar-refractivity contribution in [2.45, 2.75) is 13.8 Å². The van der Waals surface area contributed by atoms with E-state index in [1.807, 2.05) is 84.9 Å². The lowest BCUT2D eigenvalue weighted by molar-refractivity contribution is 0.0926. The van der Waals surface area contributed by atoms with E-state index >= 15 is 0 Å². The first kappa shape index (κ1) is 33.3. The van der Waals surface area contributed by atoms with Crippen LogP contribution in [0.2, 0.25) is 0 Å². The third kappa shape index (κ3) is 5.54. The zero-order chi connectivity index (χ0) is 37.9. The molecule has 0 saturated heterocycles. The molecule has 0 atom stereocenters. The van der Waals surface area contributed by atoms with E-state index in [-0.39, 0.29) is 11.8 Å². The van der Waals surface area contributed by atoms with Crippen LogP contribution in [0.15, 0.2) is 182 Å². The normalized spacial score (nSPS) is 12.5. The monoisotopic (exact) mass is 720 g/mol. The summed E-state index contributed by atoms with van der Waals surface area (Å²) >= 11 is 0. The molecular weight excluding hydrogens is 685 g/mol. The summed E-state index contributed by atoms with van der Waals surface area (Å²) in [7, 11) is 0. The van der Waals surface area contributed by atoms with Crippen molar-refractivity contribution in [1.29, 1.82) is 0 Å². The number of amides is 2. The number of benzene rings is 8. The number of nitrogens with zero attached hydrogens (tertiary/aromatic N) is 2. The van der Waals surface area contributed by atoms with Crippen LogP contribution < -0.4 is 4.90 Å². The van der Waals surface area contributed by atoms with Gasteiger partial charge in [0.05, 0.1) is 33.5 Å². The minimum Gasteiger partial charge on any atom is -0.308 e. The highest BCUT2D eigenvalue weighted by Crippen LogP contribution is 2.42. The number of carbonyl (C=O) groups is 2. The van der Waals surface area contributed by atoms with Crippen LogP contribution in [0, 0.1) is 13.8 Å². The molecule has 2 amide bonds. The molecule has 0 spiro atoms. The number of rotatable bonds is 6. The Bertz CT molecular complexity index is 2870. The van der Waals surface area contributed by atoms with Crippen LogP contribution in [0.5, 0.6) is 0 Å². The third-order valence-corrected chi connectivity index (χ3v) is 11.0. The van der Waals surface area contributed by atoms with Gasteiger partial charge in [0.25, 0.3) is 11.8 Å². The van der Waals surface area contributed by atoms with Gasteiger partial charge in [0.2, 0.25) is 0 Å². The van der Waals surface area contributed by atoms with E-state index in [4.69, 9.17) is 0 Å². The highest BCUT2D eigenvalue weighted by atomic mass is 16.2. The molecule has 1 aliphatic rings. The summed E-state index contributed by atoms with van der Waals surface area (Å²) in [5.41, 5.74) is 14.7.